The first kappa shape index (κ1) is 19.2. The van der Waals surface area contributed by atoms with E-state index in [4.69, 9.17) is 25.8 Å². The minimum Gasteiger partial charge on any atom is -0.496 e. The molecule has 0 aliphatic carbocycles. The highest BCUT2D eigenvalue weighted by molar-refractivity contribution is 9.10. The highest BCUT2D eigenvalue weighted by Gasteiger charge is 2.35. The standard InChI is InChI=1S/C19H13BrClNO5S/c1-25-14-3-2-10(4-12(14)20)5-17-18(23)22(19(24)28-17)8-11-6-15-16(7-13(11)21)27-9-26-15/h2-7H,8-9H2,1H3/b17-5-. The zero-order valence-electron chi connectivity index (χ0n) is 14.5. The topological polar surface area (TPSA) is 65.1 Å². The first-order valence-electron chi connectivity index (χ1n) is 8.13. The highest BCUT2D eigenvalue weighted by Crippen LogP contribution is 2.39. The van der Waals surface area contributed by atoms with E-state index in [9.17, 15) is 9.59 Å². The Morgan fingerprint density at radius 1 is 1.25 bits per heavy atom. The summed E-state index contributed by atoms with van der Waals surface area (Å²) >= 11 is 10.6. The lowest BCUT2D eigenvalue weighted by Gasteiger charge is -2.14. The fraction of sp³-hybridized carbons (Fsp3) is 0.158. The average molecular weight is 483 g/mol. The smallest absolute Gasteiger partial charge is 0.293 e. The second-order valence-electron chi connectivity index (χ2n) is 5.96. The zero-order chi connectivity index (χ0) is 19.8. The van der Waals surface area contributed by atoms with Crippen molar-refractivity contribution in [2.24, 2.45) is 0 Å². The van der Waals surface area contributed by atoms with Crippen LogP contribution in [0.4, 0.5) is 4.79 Å². The van der Waals surface area contributed by atoms with Crippen molar-refractivity contribution in [3.63, 3.8) is 0 Å². The van der Waals surface area contributed by atoms with Crippen LogP contribution in [0.1, 0.15) is 11.1 Å². The van der Waals surface area contributed by atoms with Gasteiger partial charge in [-0.1, -0.05) is 17.7 Å². The number of hydrogen-bond donors (Lipinski definition) is 0. The first-order valence-corrected chi connectivity index (χ1v) is 10.1. The number of hydrogen-bond acceptors (Lipinski definition) is 6. The molecule has 2 aromatic rings. The summed E-state index contributed by atoms with van der Waals surface area (Å²) in [7, 11) is 1.58. The van der Waals surface area contributed by atoms with Gasteiger partial charge in [0.15, 0.2) is 11.5 Å². The maximum atomic E-state index is 12.8. The lowest BCUT2D eigenvalue weighted by molar-refractivity contribution is -0.123. The third-order valence-corrected chi connectivity index (χ3v) is 6.10. The molecule has 28 heavy (non-hydrogen) atoms. The van der Waals surface area contributed by atoms with E-state index in [-0.39, 0.29) is 24.5 Å². The summed E-state index contributed by atoms with van der Waals surface area (Å²) in [5.41, 5.74) is 1.39. The quantitative estimate of drug-likeness (QED) is 0.567. The SMILES string of the molecule is COc1ccc(/C=C2\SC(=O)N(Cc3cc4c(cc3Cl)OCO4)C2=O)cc1Br. The number of nitrogens with zero attached hydrogens (tertiary/aromatic N) is 1. The molecule has 6 nitrogen and oxygen atoms in total. The molecule has 2 aliphatic rings. The summed E-state index contributed by atoms with van der Waals surface area (Å²) in [6.45, 7) is 0.181. The third kappa shape index (κ3) is 3.59. The number of benzene rings is 2. The number of rotatable bonds is 4. The number of imide groups is 1. The molecule has 2 amide bonds. The fourth-order valence-corrected chi connectivity index (χ4v) is 4.42. The minimum absolute atomic E-state index is 0.0593. The van der Waals surface area contributed by atoms with Gasteiger partial charge in [-0.3, -0.25) is 14.5 Å². The van der Waals surface area contributed by atoms with Crippen LogP contribution in [0.25, 0.3) is 6.08 Å². The molecular weight excluding hydrogens is 470 g/mol. The number of thioether (sulfide) groups is 1. The lowest BCUT2D eigenvalue weighted by atomic mass is 10.1. The molecule has 2 aliphatic heterocycles. The molecule has 9 heteroatoms. The highest BCUT2D eigenvalue weighted by atomic mass is 79.9. The van der Waals surface area contributed by atoms with Crippen molar-refractivity contribution in [3.05, 3.63) is 55.9 Å². The monoisotopic (exact) mass is 481 g/mol. The Bertz CT molecular complexity index is 1030. The van der Waals surface area contributed by atoms with Crippen molar-refractivity contribution in [2.75, 3.05) is 13.9 Å². The molecule has 0 N–H and O–H groups in total. The summed E-state index contributed by atoms with van der Waals surface area (Å²) in [4.78, 5) is 26.7. The Morgan fingerprint density at radius 3 is 2.71 bits per heavy atom. The molecule has 4 rings (SSSR count). The summed E-state index contributed by atoms with van der Waals surface area (Å²) in [6, 6.07) is 8.74. The van der Waals surface area contributed by atoms with Crippen LogP contribution in [-0.2, 0) is 11.3 Å². The Balaban J connectivity index is 1.57. The van der Waals surface area contributed by atoms with E-state index in [1.165, 1.54) is 4.90 Å². The number of methoxy groups -OCH3 is 1. The van der Waals surface area contributed by atoms with Gasteiger partial charge in [0.2, 0.25) is 6.79 Å². The lowest BCUT2D eigenvalue weighted by Crippen LogP contribution is -2.27. The predicted molar refractivity (Wildman–Crippen MR) is 110 cm³/mol. The zero-order valence-corrected chi connectivity index (χ0v) is 17.7. The van der Waals surface area contributed by atoms with E-state index >= 15 is 0 Å². The van der Waals surface area contributed by atoms with Crippen molar-refractivity contribution >= 4 is 56.5 Å². The van der Waals surface area contributed by atoms with Gasteiger partial charge < -0.3 is 14.2 Å². The van der Waals surface area contributed by atoms with Crippen molar-refractivity contribution < 1.29 is 23.8 Å². The third-order valence-electron chi connectivity index (χ3n) is 4.22. The van der Waals surface area contributed by atoms with Gasteiger partial charge in [-0.05, 0) is 63.1 Å². The van der Waals surface area contributed by atoms with Crippen LogP contribution in [0.2, 0.25) is 5.02 Å². The van der Waals surface area contributed by atoms with Gasteiger partial charge >= 0.3 is 0 Å². The van der Waals surface area contributed by atoms with Crippen LogP contribution in [0.3, 0.4) is 0 Å². The second-order valence-corrected chi connectivity index (χ2v) is 8.21. The van der Waals surface area contributed by atoms with Crippen LogP contribution in [0.5, 0.6) is 17.2 Å². The number of halogens is 2. The van der Waals surface area contributed by atoms with Gasteiger partial charge in [-0.25, -0.2) is 0 Å². The average Bonchev–Trinajstić information content (AvgIpc) is 3.21. The Labute approximate surface area is 178 Å². The summed E-state index contributed by atoms with van der Waals surface area (Å²) in [6.07, 6.45) is 1.68. The van der Waals surface area contributed by atoms with Crippen LogP contribution in [0, 0.1) is 0 Å². The molecule has 0 aromatic heterocycles. The Morgan fingerprint density at radius 2 is 2.00 bits per heavy atom. The van der Waals surface area contributed by atoms with Gasteiger partial charge in [-0.15, -0.1) is 0 Å². The molecule has 2 heterocycles. The van der Waals surface area contributed by atoms with E-state index in [2.05, 4.69) is 15.9 Å². The van der Waals surface area contributed by atoms with Crippen LogP contribution in [0.15, 0.2) is 39.7 Å². The number of ether oxygens (including phenoxy) is 3. The van der Waals surface area contributed by atoms with Crippen LogP contribution < -0.4 is 14.2 Å². The number of fused-ring (bicyclic) bond motifs is 1. The largest absolute Gasteiger partial charge is 0.496 e. The predicted octanol–water partition coefficient (Wildman–Crippen LogP) is 5.08. The van der Waals surface area contributed by atoms with Crippen molar-refractivity contribution in [1.82, 2.24) is 4.90 Å². The van der Waals surface area contributed by atoms with E-state index in [0.717, 1.165) is 21.8 Å². The number of amides is 2. The van der Waals surface area contributed by atoms with E-state index in [1.807, 2.05) is 12.1 Å². The first-order chi connectivity index (χ1) is 13.5. The molecule has 0 spiro atoms. The molecule has 1 fully saturated rings. The van der Waals surface area contributed by atoms with E-state index < -0.39 is 0 Å². The molecule has 0 saturated carbocycles. The minimum atomic E-state index is -0.365. The van der Waals surface area contributed by atoms with Crippen molar-refractivity contribution in [3.8, 4) is 17.2 Å². The van der Waals surface area contributed by atoms with Crippen LogP contribution in [-0.4, -0.2) is 29.9 Å². The van der Waals surface area contributed by atoms with Gasteiger partial charge in [0.05, 0.1) is 23.0 Å². The molecule has 2 aromatic carbocycles. The van der Waals surface area contributed by atoms with Crippen LogP contribution >= 0.6 is 39.3 Å². The summed E-state index contributed by atoms with van der Waals surface area (Å²) in [5, 5.41) is 0.0592. The molecular formula is C19H13BrClNO5S. The Kier molecular flexibility index (Phi) is 5.27. The van der Waals surface area contributed by atoms with E-state index in [0.29, 0.717) is 32.7 Å². The molecule has 144 valence electrons. The van der Waals surface area contributed by atoms with Crippen molar-refractivity contribution in [1.29, 1.82) is 0 Å². The molecule has 0 unspecified atom stereocenters. The number of carbonyl (C=O) groups is 2. The maximum absolute atomic E-state index is 12.8. The summed E-state index contributed by atoms with van der Waals surface area (Å²) < 4.78 is 16.6. The molecule has 0 atom stereocenters. The van der Waals surface area contributed by atoms with Crippen molar-refractivity contribution in [2.45, 2.75) is 6.54 Å². The van der Waals surface area contributed by atoms with Gasteiger partial charge in [0.25, 0.3) is 11.1 Å². The molecule has 1 saturated heterocycles. The molecule has 0 bridgehead atoms. The van der Waals surface area contributed by atoms with Gasteiger partial charge in [-0.2, -0.15) is 0 Å². The van der Waals surface area contributed by atoms with Gasteiger partial charge in [0, 0.05) is 11.1 Å². The van der Waals surface area contributed by atoms with Gasteiger partial charge in [0.1, 0.15) is 5.75 Å². The Hall–Kier alpha value is -2.16. The normalized spacial score (nSPS) is 17.0. The maximum Gasteiger partial charge on any atom is 0.293 e. The molecule has 0 radical (unpaired) electrons. The number of carbonyl (C=O) groups excluding carboxylic acids is 2. The van der Waals surface area contributed by atoms with E-state index in [1.54, 1.807) is 31.4 Å². The summed E-state index contributed by atoms with van der Waals surface area (Å²) in [5.74, 6) is 1.41. The second kappa shape index (κ2) is 7.69. The fourth-order valence-electron chi connectivity index (χ4n) is 2.81.